The van der Waals surface area contributed by atoms with E-state index < -0.39 is 30.6 Å². The number of carbonyl (C=O) groups is 3. The van der Waals surface area contributed by atoms with Gasteiger partial charge in [-0.05, 0) is 29.2 Å². The summed E-state index contributed by atoms with van der Waals surface area (Å²) < 4.78 is 10.2. The topological polar surface area (TPSA) is 114 Å². The average Bonchev–Trinajstić information content (AvgIpc) is 3.05. The first kappa shape index (κ1) is 21.3. The van der Waals surface area contributed by atoms with Gasteiger partial charge in [0.25, 0.3) is 0 Å². The Hall–Kier alpha value is -3.39. The van der Waals surface area contributed by atoms with E-state index in [9.17, 15) is 14.4 Å². The van der Waals surface area contributed by atoms with Crippen molar-refractivity contribution in [1.82, 2.24) is 10.6 Å². The molecule has 2 amide bonds. The number of ether oxygens (including phenoxy) is 2. The smallest absolute Gasteiger partial charge is 0.407 e. The van der Waals surface area contributed by atoms with Crippen LogP contribution in [0.5, 0.6) is 0 Å². The minimum absolute atomic E-state index is 0.0568. The molecule has 0 aromatic heterocycles. The molecule has 3 N–H and O–H groups in total. The number of fused-ring (bicyclic) bond motifs is 3. The summed E-state index contributed by atoms with van der Waals surface area (Å²) in [5, 5.41) is 13.5. The maximum Gasteiger partial charge on any atom is 0.407 e. The quantitative estimate of drug-likeness (QED) is 0.544. The Bertz CT molecular complexity index is 884. The zero-order chi connectivity index (χ0) is 21.5. The molecule has 0 spiro atoms. The first-order chi connectivity index (χ1) is 14.5. The van der Waals surface area contributed by atoms with Crippen LogP contribution in [-0.2, 0) is 19.1 Å². The van der Waals surface area contributed by atoms with Crippen LogP contribution in [0.1, 0.15) is 24.0 Å². The summed E-state index contributed by atoms with van der Waals surface area (Å²) in [6.07, 6.45) is -0.679. The molecule has 0 aliphatic heterocycles. The van der Waals surface area contributed by atoms with Gasteiger partial charge in [0.1, 0.15) is 19.3 Å². The number of hydrogen-bond donors (Lipinski definition) is 3. The predicted octanol–water partition coefficient (Wildman–Crippen LogP) is 2.13. The zero-order valence-corrected chi connectivity index (χ0v) is 16.6. The van der Waals surface area contributed by atoms with Gasteiger partial charge in [0.05, 0.1) is 6.61 Å². The Morgan fingerprint density at radius 2 is 1.63 bits per heavy atom. The zero-order valence-electron chi connectivity index (χ0n) is 16.6. The number of benzene rings is 2. The molecule has 8 heteroatoms. The Morgan fingerprint density at radius 3 is 2.23 bits per heavy atom. The second-order valence-corrected chi connectivity index (χ2v) is 6.93. The third-order valence-electron chi connectivity index (χ3n) is 4.84. The van der Waals surface area contributed by atoms with Crippen LogP contribution in [0.3, 0.4) is 0 Å². The fourth-order valence-corrected chi connectivity index (χ4v) is 3.44. The van der Waals surface area contributed by atoms with Gasteiger partial charge in [-0.1, -0.05) is 48.5 Å². The number of carboxylic acid groups (broad SMARTS) is 1. The second-order valence-electron chi connectivity index (χ2n) is 6.93. The molecule has 2 aromatic carbocycles. The van der Waals surface area contributed by atoms with Gasteiger partial charge in [-0.25, -0.2) is 9.59 Å². The van der Waals surface area contributed by atoms with Crippen LogP contribution in [0.25, 0.3) is 11.1 Å². The highest BCUT2D eigenvalue weighted by atomic mass is 16.5. The number of rotatable bonds is 9. The van der Waals surface area contributed by atoms with Gasteiger partial charge >= 0.3 is 12.1 Å². The number of carboxylic acids is 1. The lowest BCUT2D eigenvalue weighted by molar-refractivity contribution is -0.142. The molecule has 8 nitrogen and oxygen atoms in total. The van der Waals surface area contributed by atoms with Crippen molar-refractivity contribution in [3.05, 3.63) is 59.7 Å². The highest BCUT2D eigenvalue weighted by Crippen LogP contribution is 2.44. The molecule has 1 unspecified atom stereocenters. The van der Waals surface area contributed by atoms with Crippen molar-refractivity contribution in [3.8, 4) is 11.1 Å². The van der Waals surface area contributed by atoms with Gasteiger partial charge in [0.15, 0.2) is 0 Å². The maximum absolute atomic E-state index is 12.2. The number of aliphatic carboxylic acids is 1. The van der Waals surface area contributed by atoms with Crippen LogP contribution in [0.4, 0.5) is 4.79 Å². The number of nitrogens with one attached hydrogen (secondary N) is 2. The lowest BCUT2D eigenvalue weighted by atomic mass is 9.98. The summed E-state index contributed by atoms with van der Waals surface area (Å²) in [4.78, 5) is 34.5. The summed E-state index contributed by atoms with van der Waals surface area (Å²) in [5.41, 5.74) is 4.50. The Morgan fingerprint density at radius 1 is 1.03 bits per heavy atom. The van der Waals surface area contributed by atoms with E-state index in [4.69, 9.17) is 14.6 Å². The molecule has 2 aromatic rings. The molecule has 0 fully saturated rings. The summed E-state index contributed by atoms with van der Waals surface area (Å²) >= 11 is 0. The molecule has 0 radical (unpaired) electrons. The first-order valence-corrected chi connectivity index (χ1v) is 9.66. The van der Waals surface area contributed by atoms with Gasteiger partial charge in [0.2, 0.25) is 5.91 Å². The van der Waals surface area contributed by atoms with Crippen LogP contribution in [-0.4, -0.2) is 55.5 Å². The fraction of sp³-hybridized carbons (Fsp3) is 0.318. The molecular formula is C22H24N2O6. The van der Waals surface area contributed by atoms with Crippen LogP contribution < -0.4 is 10.6 Å². The van der Waals surface area contributed by atoms with Crippen LogP contribution >= 0.6 is 0 Å². The van der Waals surface area contributed by atoms with Crippen molar-refractivity contribution >= 4 is 18.0 Å². The molecule has 1 aliphatic rings. The summed E-state index contributed by atoms with van der Waals surface area (Å²) in [6.45, 7) is 1.48. The van der Waals surface area contributed by atoms with E-state index in [0.717, 1.165) is 22.3 Å². The lowest BCUT2D eigenvalue weighted by Gasteiger charge is -2.17. The molecule has 0 heterocycles. The highest BCUT2D eigenvalue weighted by Gasteiger charge is 2.29. The van der Waals surface area contributed by atoms with Crippen molar-refractivity contribution < 1.29 is 29.0 Å². The van der Waals surface area contributed by atoms with Gasteiger partial charge < -0.3 is 25.2 Å². The van der Waals surface area contributed by atoms with Crippen molar-refractivity contribution in [2.75, 3.05) is 26.4 Å². The maximum atomic E-state index is 12.2. The molecule has 3 rings (SSSR count). The third-order valence-corrected chi connectivity index (χ3v) is 4.84. The largest absolute Gasteiger partial charge is 0.480 e. The molecule has 0 saturated carbocycles. The molecule has 0 bridgehead atoms. The monoisotopic (exact) mass is 412 g/mol. The Balaban J connectivity index is 1.48. The van der Waals surface area contributed by atoms with E-state index in [-0.39, 0.29) is 25.7 Å². The van der Waals surface area contributed by atoms with Crippen molar-refractivity contribution in [1.29, 1.82) is 0 Å². The third kappa shape index (κ3) is 5.15. The first-order valence-electron chi connectivity index (χ1n) is 9.66. The van der Waals surface area contributed by atoms with E-state index in [1.54, 1.807) is 0 Å². The normalized spacial score (nSPS) is 13.1. The van der Waals surface area contributed by atoms with Gasteiger partial charge in [-0.3, -0.25) is 4.79 Å². The fourth-order valence-electron chi connectivity index (χ4n) is 3.44. The molecule has 1 atom stereocenters. The minimum atomic E-state index is -1.08. The molecule has 30 heavy (non-hydrogen) atoms. The highest BCUT2D eigenvalue weighted by molar-refractivity contribution is 5.85. The minimum Gasteiger partial charge on any atom is -0.480 e. The van der Waals surface area contributed by atoms with Crippen LogP contribution in [0.2, 0.25) is 0 Å². The van der Waals surface area contributed by atoms with E-state index in [1.807, 2.05) is 36.4 Å². The number of hydrogen-bond acceptors (Lipinski definition) is 5. The summed E-state index contributed by atoms with van der Waals surface area (Å²) in [5.74, 6) is -1.55. The Labute approximate surface area is 174 Å². The number of carbonyl (C=O) groups excluding carboxylic acids is 2. The molecule has 158 valence electrons. The Kier molecular flexibility index (Phi) is 7.03. The average molecular weight is 412 g/mol. The molecule has 1 aliphatic carbocycles. The van der Waals surface area contributed by atoms with Crippen LogP contribution in [0, 0.1) is 0 Å². The van der Waals surface area contributed by atoms with Crippen LogP contribution in [0.15, 0.2) is 48.5 Å². The van der Waals surface area contributed by atoms with E-state index in [1.165, 1.54) is 6.92 Å². The standard InChI is InChI=1S/C22H24N2O6/c1-14(21(27)23-10-11-29-13-20(25)26)24-22(28)30-12-19-17-8-4-2-6-15(17)16-7-3-5-9-18(16)19/h2-9,14,19H,10-13H2,1H3,(H,23,27)(H,24,28)(H,25,26). The summed E-state index contributed by atoms with van der Waals surface area (Å²) in [7, 11) is 0. The van der Waals surface area contributed by atoms with Crippen molar-refractivity contribution in [2.24, 2.45) is 0 Å². The SMILES string of the molecule is CC(NC(=O)OCC1c2ccccc2-c2ccccc21)C(=O)NCCOCC(=O)O. The van der Waals surface area contributed by atoms with Gasteiger partial charge in [0, 0.05) is 12.5 Å². The lowest BCUT2D eigenvalue weighted by Crippen LogP contribution is -2.46. The van der Waals surface area contributed by atoms with Crippen molar-refractivity contribution in [2.45, 2.75) is 18.9 Å². The number of alkyl carbamates (subject to hydrolysis) is 1. The number of amides is 2. The summed E-state index contributed by atoms with van der Waals surface area (Å²) in [6, 6.07) is 15.3. The predicted molar refractivity (Wildman–Crippen MR) is 109 cm³/mol. The van der Waals surface area contributed by atoms with Gasteiger partial charge in [-0.2, -0.15) is 0 Å². The second kappa shape index (κ2) is 9.89. The molecule has 0 saturated heterocycles. The van der Waals surface area contributed by atoms with E-state index >= 15 is 0 Å². The molecular weight excluding hydrogens is 388 g/mol. The van der Waals surface area contributed by atoms with Gasteiger partial charge in [-0.15, -0.1) is 0 Å². The van der Waals surface area contributed by atoms with Crippen molar-refractivity contribution in [3.63, 3.8) is 0 Å². The van der Waals surface area contributed by atoms with E-state index in [0.29, 0.717) is 0 Å². The van der Waals surface area contributed by atoms with E-state index in [2.05, 4.69) is 22.8 Å².